The summed E-state index contributed by atoms with van der Waals surface area (Å²) in [5, 5.41) is 8.18. The van der Waals surface area contributed by atoms with Crippen LogP contribution >= 0.6 is 11.8 Å². The van der Waals surface area contributed by atoms with E-state index in [4.69, 9.17) is 9.47 Å². The summed E-state index contributed by atoms with van der Waals surface area (Å²) in [6.45, 7) is 6.08. The molecule has 0 fully saturated rings. The van der Waals surface area contributed by atoms with Crippen molar-refractivity contribution >= 4 is 46.9 Å². The lowest BCUT2D eigenvalue weighted by atomic mass is 10.0. The fourth-order valence-corrected chi connectivity index (χ4v) is 5.27. The normalized spacial score (nSPS) is 11.8. The number of hydrogen-bond donors (Lipinski definition) is 3. The molecule has 0 spiro atoms. The first kappa shape index (κ1) is 32.9. The van der Waals surface area contributed by atoms with Gasteiger partial charge in [-0.25, -0.2) is 0 Å². The molecule has 0 aliphatic carbocycles. The zero-order valence-corrected chi connectivity index (χ0v) is 26.7. The van der Waals surface area contributed by atoms with Crippen LogP contribution in [0.2, 0.25) is 0 Å². The standard InChI is InChI=1S/C36H37N3O5S/c1-23(2)25-14-16-28(17-15-25)37-34(40)24(3)45-31-13-9-12-29(22-31)38-36(42)32(39-35(41)26-10-7-6-8-11-26)21-27-20-30(43-4)18-19-33(27)44-5/h6-24H,1-5H3,(H,37,40)(H,38,42)(H,39,41)/b32-21+. The maximum absolute atomic E-state index is 13.6. The van der Waals surface area contributed by atoms with Crippen LogP contribution in [0.15, 0.2) is 108 Å². The second-order valence-electron chi connectivity index (χ2n) is 10.5. The van der Waals surface area contributed by atoms with Crippen molar-refractivity contribution in [2.24, 2.45) is 0 Å². The molecule has 3 N–H and O–H groups in total. The lowest BCUT2D eigenvalue weighted by Crippen LogP contribution is -2.30. The Morgan fingerprint density at radius 1 is 0.756 bits per heavy atom. The second-order valence-corrected chi connectivity index (χ2v) is 11.9. The SMILES string of the molecule is COc1ccc(OC)c(/C=C(/NC(=O)c2ccccc2)C(=O)Nc2cccc(SC(C)C(=O)Nc3ccc(C(C)C)cc3)c2)c1. The minimum absolute atomic E-state index is 0.00435. The van der Waals surface area contributed by atoms with Crippen molar-refractivity contribution in [3.63, 3.8) is 0 Å². The Labute approximate surface area is 268 Å². The van der Waals surface area contributed by atoms with Crippen LogP contribution in [0.25, 0.3) is 6.08 Å². The third kappa shape index (κ3) is 9.23. The summed E-state index contributed by atoms with van der Waals surface area (Å²) in [4.78, 5) is 40.4. The van der Waals surface area contributed by atoms with Crippen LogP contribution in [0.3, 0.4) is 0 Å². The molecule has 3 amide bonds. The van der Waals surface area contributed by atoms with E-state index in [2.05, 4.69) is 29.8 Å². The molecular weight excluding hydrogens is 586 g/mol. The smallest absolute Gasteiger partial charge is 0.272 e. The van der Waals surface area contributed by atoms with Gasteiger partial charge in [-0.3, -0.25) is 14.4 Å². The number of thioether (sulfide) groups is 1. The number of ether oxygens (including phenoxy) is 2. The maximum atomic E-state index is 13.6. The van der Waals surface area contributed by atoms with Crippen LogP contribution in [-0.4, -0.2) is 37.2 Å². The number of hydrogen-bond acceptors (Lipinski definition) is 6. The van der Waals surface area contributed by atoms with Crippen molar-refractivity contribution in [1.29, 1.82) is 0 Å². The first-order chi connectivity index (χ1) is 21.7. The van der Waals surface area contributed by atoms with Crippen LogP contribution in [0.1, 0.15) is 48.2 Å². The zero-order chi connectivity index (χ0) is 32.3. The van der Waals surface area contributed by atoms with E-state index in [1.165, 1.54) is 30.5 Å². The minimum atomic E-state index is -0.540. The molecule has 4 aromatic rings. The molecule has 0 aromatic heterocycles. The van der Waals surface area contributed by atoms with Crippen molar-refractivity contribution in [2.45, 2.75) is 36.8 Å². The van der Waals surface area contributed by atoms with Gasteiger partial charge in [0.1, 0.15) is 17.2 Å². The topological polar surface area (TPSA) is 106 Å². The molecule has 45 heavy (non-hydrogen) atoms. The molecule has 4 rings (SSSR count). The van der Waals surface area contributed by atoms with E-state index in [1.54, 1.807) is 73.8 Å². The lowest BCUT2D eigenvalue weighted by Gasteiger charge is -2.15. The molecule has 0 radical (unpaired) electrons. The zero-order valence-electron chi connectivity index (χ0n) is 25.9. The summed E-state index contributed by atoms with van der Waals surface area (Å²) in [6.07, 6.45) is 1.54. The van der Waals surface area contributed by atoms with E-state index < -0.39 is 17.1 Å². The highest BCUT2D eigenvalue weighted by Crippen LogP contribution is 2.29. The van der Waals surface area contributed by atoms with E-state index in [0.717, 1.165) is 10.6 Å². The van der Waals surface area contributed by atoms with Crippen molar-refractivity contribution < 1.29 is 23.9 Å². The van der Waals surface area contributed by atoms with Crippen LogP contribution in [0, 0.1) is 0 Å². The van der Waals surface area contributed by atoms with Crippen molar-refractivity contribution in [3.8, 4) is 11.5 Å². The first-order valence-electron chi connectivity index (χ1n) is 14.5. The molecule has 9 heteroatoms. The number of anilines is 2. The Balaban J connectivity index is 1.51. The molecule has 0 aliphatic heterocycles. The summed E-state index contributed by atoms with van der Waals surface area (Å²) in [5.41, 5.74) is 3.38. The number of carbonyl (C=O) groups is 3. The van der Waals surface area contributed by atoms with Gasteiger partial charge in [0.15, 0.2) is 0 Å². The maximum Gasteiger partial charge on any atom is 0.272 e. The molecule has 0 heterocycles. The fourth-order valence-electron chi connectivity index (χ4n) is 4.35. The van der Waals surface area contributed by atoms with Crippen LogP contribution in [-0.2, 0) is 9.59 Å². The summed E-state index contributed by atoms with van der Waals surface area (Å²) < 4.78 is 10.8. The molecule has 232 valence electrons. The third-order valence-corrected chi connectivity index (χ3v) is 7.98. The van der Waals surface area contributed by atoms with Gasteiger partial charge in [-0.2, -0.15) is 0 Å². The Morgan fingerprint density at radius 2 is 1.49 bits per heavy atom. The van der Waals surface area contributed by atoms with Gasteiger partial charge in [0.05, 0.1) is 19.5 Å². The molecule has 0 saturated carbocycles. The van der Waals surface area contributed by atoms with Crippen LogP contribution < -0.4 is 25.4 Å². The number of carbonyl (C=O) groups excluding carboxylic acids is 3. The summed E-state index contributed by atoms with van der Waals surface area (Å²) in [6, 6.07) is 28.8. The molecule has 0 aliphatic rings. The monoisotopic (exact) mass is 623 g/mol. The molecule has 4 aromatic carbocycles. The lowest BCUT2D eigenvalue weighted by molar-refractivity contribution is -0.115. The molecule has 0 saturated heterocycles. The van der Waals surface area contributed by atoms with E-state index in [-0.39, 0.29) is 11.6 Å². The van der Waals surface area contributed by atoms with Gasteiger partial charge >= 0.3 is 0 Å². The molecule has 0 bridgehead atoms. The van der Waals surface area contributed by atoms with E-state index in [0.29, 0.717) is 34.2 Å². The Bertz CT molecular complexity index is 1670. The Hall–Kier alpha value is -5.02. The second kappa shape index (κ2) is 15.6. The van der Waals surface area contributed by atoms with Gasteiger partial charge in [-0.1, -0.05) is 50.2 Å². The molecular formula is C36H37N3O5S. The minimum Gasteiger partial charge on any atom is -0.497 e. The number of methoxy groups -OCH3 is 2. The predicted molar refractivity (Wildman–Crippen MR) is 181 cm³/mol. The van der Waals surface area contributed by atoms with Gasteiger partial charge in [0.2, 0.25) is 5.91 Å². The predicted octanol–water partition coefficient (Wildman–Crippen LogP) is 7.36. The highest BCUT2D eigenvalue weighted by atomic mass is 32.2. The van der Waals surface area contributed by atoms with Crippen molar-refractivity contribution in [1.82, 2.24) is 5.32 Å². The number of benzene rings is 4. The van der Waals surface area contributed by atoms with E-state index in [1.807, 2.05) is 37.3 Å². The largest absolute Gasteiger partial charge is 0.497 e. The summed E-state index contributed by atoms with van der Waals surface area (Å²) in [7, 11) is 3.06. The van der Waals surface area contributed by atoms with E-state index >= 15 is 0 Å². The fraction of sp³-hybridized carbons (Fsp3) is 0.194. The Morgan fingerprint density at radius 3 is 2.16 bits per heavy atom. The van der Waals surface area contributed by atoms with Crippen molar-refractivity contribution in [3.05, 3.63) is 119 Å². The average Bonchev–Trinajstić information content (AvgIpc) is 3.05. The van der Waals surface area contributed by atoms with Gasteiger partial charge in [0, 0.05) is 27.4 Å². The quantitative estimate of drug-likeness (QED) is 0.113. The highest BCUT2D eigenvalue weighted by molar-refractivity contribution is 8.00. The van der Waals surface area contributed by atoms with Gasteiger partial charge in [-0.05, 0) is 85.1 Å². The van der Waals surface area contributed by atoms with Gasteiger partial charge in [-0.15, -0.1) is 11.8 Å². The highest BCUT2D eigenvalue weighted by Gasteiger charge is 2.18. The first-order valence-corrected chi connectivity index (χ1v) is 15.3. The Kier molecular flexibility index (Phi) is 11.4. The van der Waals surface area contributed by atoms with Crippen molar-refractivity contribution in [2.75, 3.05) is 24.9 Å². The van der Waals surface area contributed by atoms with Gasteiger partial charge < -0.3 is 25.4 Å². The summed E-state index contributed by atoms with van der Waals surface area (Å²) >= 11 is 1.37. The third-order valence-electron chi connectivity index (χ3n) is 6.88. The number of nitrogens with one attached hydrogen (secondary N) is 3. The molecule has 8 nitrogen and oxygen atoms in total. The number of amides is 3. The van der Waals surface area contributed by atoms with Gasteiger partial charge in [0.25, 0.3) is 11.8 Å². The molecule has 1 atom stereocenters. The van der Waals surface area contributed by atoms with E-state index in [9.17, 15) is 14.4 Å². The van der Waals surface area contributed by atoms with Crippen LogP contribution in [0.4, 0.5) is 11.4 Å². The van der Waals surface area contributed by atoms with Crippen LogP contribution in [0.5, 0.6) is 11.5 Å². The summed E-state index contributed by atoms with van der Waals surface area (Å²) in [5.74, 6) is 0.355. The average molecular weight is 624 g/mol. The number of rotatable bonds is 12. The molecule has 1 unspecified atom stereocenters.